The van der Waals surface area contributed by atoms with E-state index in [2.05, 4.69) is 6.08 Å². The quantitative estimate of drug-likeness (QED) is 0.743. The molecule has 0 saturated heterocycles. The Kier molecular flexibility index (Phi) is 3.99. The van der Waals surface area contributed by atoms with Gasteiger partial charge in [-0.25, -0.2) is 0 Å². The Morgan fingerprint density at radius 3 is 2.63 bits per heavy atom. The van der Waals surface area contributed by atoms with Crippen molar-refractivity contribution in [3.63, 3.8) is 0 Å². The van der Waals surface area contributed by atoms with E-state index in [1.807, 2.05) is 24.3 Å². The Hall–Kier alpha value is -0.730. The lowest BCUT2D eigenvalue weighted by Crippen LogP contribution is -2.29. The van der Waals surface area contributed by atoms with E-state index in [0.717, 1.165) is 23.1 Å². The minimum atomic E-state index is 0.209. The summed E-state index contributed by atoms with van der Waals surface area (Å²) in [5, 5.41) is 0.762. The van der Waals surface area contributed by atoms with Crippen LogP contribution >= 0.6 is 23.4 Å². The standard InChI is InChI=1S/C16H17ClOS/c17-15-3-1-11(2-4-15)9-19-10-16(18)14-7-12-5-13(6-12)8-14/h1-4,7,13-14H,5-6,8-10H2. The molecule has 3 aliphatic carbocycles. The molecule has 0 spiro atoms. The molecule has 0 heterocycles. The van der Waals surface area contributed by atoms with Gasteiger partial charge in [-0.1, -0.05) is 35.4 Å². The van der Waals surface area contributed by atoms with E-state index in [1.165, 1.54) is 24.0 Å². The molecule has 2 bridgehead atoms. The highest BCUT2D eigenvalue weighted by molar-refractivity contribution is 7.99. The molecule has 0 radical (unpaired) electrons. The minimum Gasteiger partial charge on any atom is -0.298 e. The van der Waals surface area contributed by atoms with E-state index < -0.39 is 0 Å². The molecule has 3 heteroatoms. The maximum absolute atomic E-state index is 12.1. The van der Waals surface area contributed by atoms with Crippen molar-refractivity contribution in [3.8, 4) is 0 Å². The number of fused-ring (bicyclic) bond motifs is 2. The van der Waals surface area contributed by atoms with Gasteiger partial charge < -0.3 is 0 Å². The number of hydrogen-bond acceptors (Lipinski definition) is 2. The third kappa shape index (κ3) is 3.24. The molecule has 1 aromatic rings. The topological polar surface area (TPSA) is 17.1 Å². The zero-order valence-electron chi connectivity index (χ0n) is 10.8. The van der Waals surface area contributed by atoms with E-state index in [9.17, 15) is 4.79 Å². The van der Waals surface area contributed by atoms with E-state index in [1.54, 1.807) is 11.8 Å². The molecule has 19 heavy (non-hydrogen) atoms. The van der Waals surface area contributed by atoms with Crippen LogP contribution in [0.1, 0.15) is 24.8 Å². The zero-order chi connectivity index (χ0) is 13.2. The van der Waals surface area contributed by atoms with Crippen molar-refractivity contribution < 1.29 is 4.79 Å². The number of carbonyl (C=O) groups excluding carboxylic acids is 1. The van der Waals surface area contributed by atoms with Crippen LogP contribution in [0, 0.1) is 11.8 Å². The molecule has 1 aromatic carbocycles. The summed E-state index contributed by atoms with van der Waals surface area (Å²) in [6, 6.07) is 7.85. The van der Waals surface area contributed by atoms with E-state index in [0.29, 0.717) is 11.5 Å². The molecule has 1 nitrogen and oxygen atoms in total. The highest BCUT2D eigenvalue weighted by Gasteiger charge is 2.33. The molecule has 0 N–H and O–H groups in total. The van der Waals surface area contributed by atoms with Gasteiger partial charge in [0.1, 0.15) is 5.78 Å². The number of ketones is 1. The Labute approximate surface area is 123 Å². The summed E-state index contributed by atoms with van der Waals surface area (Å²) in [6.07, 6.45) is 5.82. The summed E-state index contributed by atoms with van der Waals surface area (Å²) in [5.74, 6) is 2.93. The van der Waals surface area contributed by atoms with Gasteiger partial charge in [-0.3, -0.25) is 4.79 Å². The number of thioether (sulfide) groups is 1. The van der Waals surface area contributed by atoms with E-state index >= 15 is 0 Å². The van der Waals surface area contributed by atoms with Gasteiger partial charge >= 0.3 is 0 Å². The second kappa shape index (κ2) is 5.72. The van der Waals surface area contributed by atoms with Crippen LogP contribution in [0.15, 0.2) is 35.9 Å². The number of halogens is 1. The first-order valence-electron chi connectivity index (χ1n) is 6.75. The molecule has 4 rings (SSSR count). The molecule has 1 atom stereocenters. The van der Waals surface area contributed by atoms with E-state index in [-0.39, 0.29) is 5.92 Å². The van der Waals surface area contributed by atoms with Gasteiger partial charge in [0.15, 0.2) is 0 Å². The van der Waals surface area contributed by atoms with Crippen molar-refractivity contribution in [3.05, 3.63) is 46.5 Å². The van der Waals surface area contributed by atoms with Crippen molar-refractivity contribution in [2.45, 2.75) is 25.0 Å². The fourth-order valence-corrected chi connectivity index (χ4v) is 3.95. The fraction of sp³-hybridized carbons (Fsp3) is 0.438. The van der Waals surface area contributed by atoms with Crippen LogP contribution in [0.4, 0.5) is 0 Å². The average molecular weight is 293 g/mol. The number of rotatable bonds is 5. The summed E-state index contributed by atoms with van der Waals surface area (Å²) < 4.78 is 0. The van der Waals surface area contributed by atoms with Crippen molar-refractivity contribution >= 4 is 29.1 Å². The van der Waals surface area contributed by atoms with Gasteiger partial charge in [0.25, 0.3) is 0 Å². The Bertz CT molecular complexity index is 498. The lowest BCUT2D eigenvalue weighted by Gasteiger charge is -2.37. The number of carbonyl (C=O) groups is 1. The van der Waals surface area contributed by atoms with Crippen molar-refractivity contribution in [2.24, 2.45) is 11.8 Å². The predicted molar refractivity (Wildman–Crippen MR) is 81.5 cm³/mol. The van der Waals surface area contributed by atoms with Gasteiger partial charge in [-0.2, -0.15) is 0 Å². The van der Waals surface area contributed by atoms with Crippen LogP contribution in [-0.4, -0.2) is 11.5 Å². The monoisotopic (exact) mass is 292 g/mol. The maximum Gasteiger partial charge on any atom is 0.149 e. The Morgan fingerprint density at radius 1 is 1.26 bits per heavy atom. The average Bonchev–Trinajstić information content (AvgIpc) is 2.40. The zero-order valence-corrected chi connectivity index (χ0v) is 12.3. The molecule has 1 fully saturated rings. The second-order valence-corrected chi connectivity index (χ2v) is 6.95. The summed E-state index contributed by atoms with van der Waals surface area (Å²) >= 11 is 7.56. The number of allylic oxidation sites excluding steroid dienone is 2. The molecule has 1 saturated carbocycles. The molecule has 0 aromatic heterocycles. The lowest BCUT2D eigenvalue weighted by molar-refractivity contribution is -0.119. The number of Topliss-reactive ketones (excluding diaryl/α,β-unsaturated/α-hetero) is 1. The number of hydrogen-bond donors (Lipinski definition) is 0. The molecule has 0 amide bonds. The first-order chi connectivity index (χ1) is 9.20. The summed E-state index contributed by atoms with van der Waals surface area (Å²) in [4.78, 5) is 12.1. The van der Waals surface area contributed by atoms with Crippen LogP contribution in [-0.2, 0) is 10.5 Å². The molecule has 1 unspecified atom stereocenters. The van der Waals surface area contributed by atoms with Crippen LogP contribution in [0.3, 0.4) is 0 Å². The normalized spacial score (nSPS) is 24.6. The largest absolute Gasteiger partial charge is 0.298 e. The third-order valence-corrected chi connectivity index (χ3v) is 5.24. The lowest BCUT2D eigenvalue weighted by atomic mass is 9.68. The van der Waals surface area contributed by atoms with Gasteiger partial charge in [0.05, 0.1) is 5.75 Å². The Morgan fingerprint density at radius 2 is 2.00 bits per heavy atom. The highest BCUT2D eigenvalue weighted by Crippen LogP contribution is 2.43. The van der Waals surface area contributed by atoms with Crippen LogP contribution in [0.2, 0.25) is 5.02 Å². The molecular weight excluding hydrogens is 276 g/mol. The maximum atomic E-state index is 12.1. The molecular formula is C16H17ClOS. The summed E-state index contributed by atoms with van der Waals surface area (Å²) in [7, 11) is 0. The molecule has 100 valence electrons. The first kappa shape index (κ1) is 13.3. The number of benzene rings is 1. The van der Waals surface area contributed by atoms with Crippen molar-refractivity contribution in [1.29, 1.82) is 0 Å². The third-order valence-electron chi connectivity index (χ3n) is 3.97. The van der Waals surface area contributed by atoms with Crippen molar-refractivity contribution in [2.75, 3.05) is 5.75 Å². The summed E-state index contributed by atoms with van der Waals surface area (Å²) in [6.45, 7) is 0. The summed E-state index contributed by atoms with van der Waals surface area (Å²) in [5.41, 5.74) is 2.74. The minimum absolute atomic E-state index is 0.209. The molecule has 0 aliphatic heterocycles. The second-order valence-electron chi connectivity index (χ2n) is 5.53. The van der Waals surface area contributed by atoms with Crippen LogP contribution < -0.4 is 0 Å². The smallest absolute Gasteiger partial charge is 0.149 e. The first-order valence-corrected chi connectivity index (χ1v) is 8.28. The van der Waals surface area contributed by atoms with Crippen LogP contribution in [0.25, 0.3) is 0 Å². The van der Waals surface area contributed by atoms with Crippen molar-refractivity contribution in [1.82, 2.24) is 0 Å². The van der Waals surface area contributed by atoms with Gasteiger partial charge in [-0.15, -0.1) is 11.8 Å². The Balaban J connectivity index is 1.46. The fourth-order valence-electron chi connectivity index (χ4n) is 2.88. The molecule has 3 aliphatic rings. The van der Waals surface area contributed by atoms with Gasteiger partial charge in [-0.05, 0) is 42.9 Å². The van der Waals surface area contributed by atoms with Gasteiger partial charge in [0, 0.05) is 16.7 Å². The SMILES string of the molecule is O=C(CSCc1ccc(Cl)cc1)C1C=C2CC(C2)C1. The highest BCUT2D eigenvalue weighted by atomic mass is 35.5. The van der Waals surface area contributed by atoms with Crippen LogP contribution in [0.5, 0.6) is 0 Å². The predicted octanol–water partition coefficient (Wildman–Crippen LogP) is 4.50. The van der Waals surface area contributed by atoms with E-state index in [4.69, 9.17) is 11.6 Å². The van der Waals surface area contributed by atoms with Gasteiger partial charge in [0.2, 0.25) is 0 Å².